The van der Waals surface area contributed by atoms with E-state index in [1.807, 2.05) is 24.3 Å². The lowest BCUT2D eigenvalue weighted by Gasteiger charge is -2.24. The molecule has 0 radical (unpaired) electrons. The molecule has 1 amide bonds. The predicted molar refractivity (Wildman–Crippen MR) is 89.6 cm³/mol. The van der Waals surface area contributed by atoms with Crippen LogP contribution < -0.4 is 5.32 Å². The van der Waals surface area contributed by atoms with Crippen LogP contribution in [0, 0.1) is 29.1 Å². The Balaban J connectivity index is 1.61. The number of ether oxygens (including phenoxy) is 1. The summed E-state index contributed by atoms with van der Waals surface area (Å²) in [6.07, 6.45) is 6.47. The van der Waals surface area contributed by atoms with Crippen molar-refractivity contribution in [3.63, 3.8) is 0 Å². The Hall–Kier alpha value is -1.62. The summed E-state index contributed by atoms with van der Waals surface area (Å²) in [7, 11) is 1.40. The van der Waals surface area contributed by atoms with Gasteiger partial charge in [-0.3, -0.25) is 9.59 Å². The van der Waals surface area contributed by atoms with Crippen LogP contribution in [-0.2, 0) is 14.3 Å². The van der Waals surface area contributed by atoms with Crippen molar-refractivity contribution in [2.45, 2.75) is 12.8 Å². The highest BCUT2D eigenvalue weighted by molar-refractivity contribution is 9.10. The van der Waals surface area contributed by atoms with Gasteiger partial charge >= 0.3 is 5.97 Å². The topological polar surface area (TPSA) is 55.4 Å². The molecule has 0 saturated heterocycles. The van der Waals surface area contributed by atoms with Gasteiger partial charge in [-0.1, -0.05) is 28.1 Å². The van der Waals surface area contributed by atoms with Crippen LogP contribution in [0.1, 0.15) is 12.8 Å². The molecular weight excluding hydrogens is 358 g/mol. The van der Waals surface area contributed by atoms with E-state index in [-0.39, 0.29) is 41.0 Å². The quantitative estimate of drug-likeness (QED) is 0.650. The zero-order valence-electron chi connectivity index (χ0n) is 12.8. The van der Waals surface area contributed by atoms with E-state index in [4.69, 9.17) is 4.74 Å². The molecule has 5 heteroatoms. The molecule has 3 aliphatic rings. The van der Waals surface area contributed by atoms with Crippen LogP contribution in [0.15, 0.2) is 40.9 Å². The number of benzene rings is 1. The monoisotopic (exact) mass is 375 g/mol. The third kappa shape index (κ3) is 2.17. The first kappa shape index (κ1) is 14.9. The van der Waals surface area contributed by atoms with Gasteiger partial charge in [0.1, 0.15) is 0 Å². The molecule has 1 N–H and O–H groups in total. The number of halogens is 1. The molecule has 1 aromatic rings. The Kier molecular flexibility index (Phi) is 3.38. The largest absolute Gasteiger partial charge is 0.469 e. The predicted octanol–water partition coefficient (Wildman–Crippen LogP) is 3.39. The van der Waals surface area contributed by atoms with Crippen molar-refractivity contribution >= 4 is 33.5 Å². The molecule has 23 heavy (non-hydrogen) atoms. The minimum atomic E-state index is -0.354. The van der Waals surface area contributed by atoms with Gasteiger partial charge in [-0.05, 0) is 54.4 Å². The number of amides is 1. The molecule has 0 aliphatic heterocycles. The van der Waals surface area contributed by atoms with Crippen molar-refractivity contribution in [2.75, 3.05) is 12.4 Å². The first-order chi connectivity index (χ1) is 11.1. The van der Waals surface area contributed by atoms with Gasteiger partial charge in [-0.15, -0.1) is 0 Å². The molecule has 2 fully saturated rings. The highest BCUT2D eigenvalue weighted by atomic mass is 79.9. The van der Waals surface area contributed by atoms with Crippen LogP contribution in [0.5, 0.6) is 0 Å². The normalized spacial score (nSPS) is 32.1. The minimum Gasteiger partial charge on any atom is -0.469 e. The van der Waals surface area contributed by atoms with Crippen molar-refractivity contribution in [1.82, 2.24) is 0 Å². The number of rotatable bonds is 3. The van der Waals surface area contributed by atoms with Crippen LogP contribution in [0.2, 0.25) is 0 Å². The molecule has 2 bridgehead atoms. The molecule has 1 spiro atoms. The van der Waals surface area contributed by atoms with Gasteiger partial charge in [0.15, 0.2) is 0 Å². The summed E-state index contributed by atoms with van der Waals surface area (Å²) in [5, 5.41) is 2.97. The average molecular weight is 376 g/mol. The molecule has 4 nitrogen and oxygen atoms in total. The third-order valence-electron chi connectivity index (χ3n) is 5.73. The molecule has 120 valence electrons. The van der Waals surface area contributed by atoms with E-state index in [2.05, 4.69) is 33.4 Å². The summed E-state index contributed by atoms with van der Waals surface area (Å²) in [5.74, 6) is -0.709. The lowest BCUT2D eigenvalue weighted by Crippen LogP contribution is -2.37. The standard InChI is InChI=1S/C18H18BrNO3/c1-23-17(22)15-13-7-6-12(18(13)8-9-18)14(15)16(21)20-11-4-2-10(19)3-5-11/h2-7,12-15H,8-9H2,1H3,(H,20,21)/t12-,13+,14+,15+/m0/s1. The van der Waals surface area contributed by atoms with Crippen LogP contribution in [0.25, 0.3) is 0 Å². The zero-order valence-corrected chi connectivity index (χ0v) is 14.4. The average Bonchev–Trinajstić information content (AvgIpc) is 3.22. The van der Waals surface area contributed by atoms with Crippen LogP contribution in [0.3, 0.4) is 0 Å². The number of nitrogens with one attached hydrogen (secondary N) is 1. The summed E-state index contributed by atoms with van der Waals surface area (Å²) in [6.45, 7) is 0. The van der Waals surface area contributed by atoms with Crippen molar-refractivity contribution < 1.29 is 14.3 Å². The first-order valence-corrected chi connectivity index (χ1v) is 8.69. The van der Waals surface area contributed by atoms with Gasteiger partial charge in [0, 0.05) is 10.2 Å². The van der Waals surface area contributed by atoms with Gasteiger partial charge in [0.05, 0.1) is 18.9 Å². The first-order valence-electron chi connectivity index (χ1n) is 7.89. The summed E-state index contributed by atoms with van der Waals surface area (Å²) < 4.78 is 5.96. The van der Waals surface area contributed by atoms with Gasteiger partial charge in [0.25, 0.3) is 0 Å². The van der Waals surface area contributed by atoms with Crippen LogP contribution >= 0.6 is 15.9 Å². The molecule has 0 unspecified atom stereocenters. The van der Waals surface area contributed by atoms with Crippen molar-refractivity contribution in [2.24, 2.45) is 29.1 Å². The summed E-state index contributed by atoms with van der Waals surface area (Å²) in [6, 6.07) is 7.48. The number of anilines is 1. The molecule has 1 aromatic carbocycles. The summed E-state index contributed by atoms with van der Waals surface area (Å²) in [4.78, 5) is 25.2. The van der Waals surface area contributed by atoms with Gasteiger partial charge in [0.2, 0.25) is 5.91 Å². The molecule has 0 aromatic heterocycles. The number of esters is 1. The third-order valence-corrected chi connectivity index (χ3v) is 6.26. The van der Waals surface area contributed by atoms with E-state index in [9.17, 15) is 9.59 Å². The highest BCUT2D eigenvalue weighted by Gasteiger charge is 2.70. The molecule has 2 saturated carbocycles. The maximum absolute atomic E-state index is 12.9. The second kappa shape index (κ2) is 5.20. The summed E-state index contributed by atoms with van der Waals surface area (Å²) in [5.41, 5.74) is 0.888. The molecule has 4 rings (SSSR count). The Morgan fingerprint density at radius 2 is 1.74 bits per heavy atom. The number of methoxy groups -OCH3 is 1. The van der Waals surface area contributed by atoms with E-state index in [1.54, 1.807) is 0 Å². The number of hydrogen-bond donors (Lipinski definition) is 1. The Morgan fingerprint density at radius 3 is 2.30 bits per heavy atom. The number of hydrogen-bond acceptors (Lipinski definition) is 3. The molecule has 3 aliphatic carbocycles. The Labute approximate surface area is 143 Å². The number of carbonyl (C=O) groups is 2. The Morgan fingerprint density at radius 1 is 1.13 bits per heavy atom. The maximum Gasteiger partial charge on any atom is 0.310 e. The lowest BCUT2D eigenvalue weighted by molar-refractivity contribution is -0.150. The van der Waals surface area contributed by atoms with E-state index in [0.717, 1.165) is 23.0 Å². The van der Waals surface area contributed by atoms with E-state index in [0.29, 0.717) is 0 Å². The van der Waals surface area contributed by atoms with E-state index in [1.165, 1.54) is 7.11 Å². The van der Waals surface area contributed by atoms with Gasteiger partial charge in [-0.2, -0.15) is 0 Å². The van der Waals surface area contributed by atoms with E-state index < -0.39 is 0 Å². The van der Waals surface area contributed by atoms with Gasteiger partial charge in [-0.25, -0.2) is 0 Å². The van der Waals surface area contributed by atoms with Crippen molar-refractivity contribution in [1.29, 1.82) is 0 Å². The van der Waals surface area contributed by atoms with Crippen molar-refractivity contribution in [3.8, 4) is 0 Å². The molecule has 0 heterocycles. The fourth-order valence-corrected chi connectivity index (χ4v) is 4.84. The summed E-state index contributed by atoms with van der Waals surface area (Å²) >= 11 is 3.38. The molecular formula is C18H18BrNO3. The van der Waals surface area contributed by atoms with Crippen molar-refractivity contribution in [3.05, 3.63) is 40.9 Å². The fraction of sp³-hybridized carbons (Fsp3) is 0.444. The zero-order chi connectivity index (χ0) is 16.2. The SMILES string of the molecule is COC(=O)[C@H]1[C@H](C(=O)Nc2ccc(Br)cc2)[C@@H]2C=C[C@H]1C21CC1. The van der Waals surface area contributed by atoms with Gasteiger partial charge < -0.3 is 10.1 Å². The minimum absolute atomic E-state index is 0.0779. The van der Waals surface area contributed by atoms with Crippen LogP contribution in [-0.4, -0.2) is 19.0 Å². The highest BCUT2D eigenvalue weighted by Crippen LogP contribution is 2.72. The molecule has 4 atom stereocenters. The smallest absolute Gasteiger partial charge is 0.310 e. The maximum atomic E-state index is 12.9. The lowest BCUT2D eigenvalue weighted by atomic mass is 9.82. The Bertz CT molecular complexity index is 693. The fourth-order valence-electron chi connectivity index (χ4n) is 4.57. The van der Waals surface area contributed by atoms with E-state index >= 15 is 0 Å². The van der Waals surface area contributed by atoms with Crippen LogP contribution in [0.4, 0.5) is 5.69 Å². The second-order valence-electron chi connectivity index (χ2n) is 6.74. The second-order valence-corrected chi connectivity index (χ2v) is 7.66. The number of carbonyl (C=O) groups excluding carboxylic acids is 2. The number of allylic oxidation sites excluding steroid dienone is 2.